The maximum Gasteiger partial charge on any atom is 0.105 e. The molecule has 1 heteroatoms. The van der Waals surface area contributed by atoms with Crippen molar-refractivity contribution < 1.29 is 0 Å². The molecule has 1 radical (unpaired) electrons. The van der Waals surface area contributed by atoms with Gasteiger partial charge in [0.1, 0.15) is 9.52 Å². The van der Waals surface area contributed by atoms with E-state index in [1.54, 1.807) is 0 Å². The highest BCUT2D eigenvalue weighted by molar-refractivity contribution is 6.43. The van der Waals surface area contributed by atoms with E-state index in [0.717, 1.165) is 0 Å². The minimum Gasteiger partial charge on any atom is -0.126 e. The zero-order valence-corrected chi connectivity index (χ0v) is 4.12. The van der Waals surface area contributed by atoms with E-state index in [1.807, 2.05) is 6.55 Å². The SMILES string of the molecule is [C]#C[SiH2]C. The molecule has 0 amide bonds. The highest BCUT2D eigenvalue weighted by Gasteiger charge is 1.48. The van der Waals surface area contributed by atoms with Gasteiger partial charge in [-0.1, -0.05) is 6.55 Å². The largest absolute Gasteiger partial charge is 0.126 e. The first-order valence-electron chi connectivity index (χ1n) is 1.31. The van der Waals surface area contributed by atoms with Crippen LogP contribution in [0, 0.1) is 12.0 Å². The normalized spacial score (nSPS) is 8.00. The Kier molecular flexibility index (Phi) is 2.62. The van der Waals surface area contributed by atoms with Gasteiger partial charge in [-0.25, -0.2) is 0 Å². The molecular weight excluding hydrogens is 64.1 g/mol. The zero-order chi connectivity index (χ0) is 3.41. The Morgan fingerprint density at radius 3 is 2.25 bits per heavy atom. The molecule has 0 heterocycles. The molecule has 0 aliphatic heterocycles. The minimum absolute atomic E-state index is 0.159. The number of rotatable bonds is 0. The maximum atomic E-state index is 6.26. The van der Waals surface area contributed by atoms with Crippen molar-refractivity contribution in [1.82, 2.24) is 0 Å². The monoisotopic (exact) mass is 69.0 g/mol. The predicted octanol–water partition coefficient (Wildman–Crippen LogP) is -0.249. The standard InChI is InChI=1S/C3H5Si/c1-3-4-2/h4H2,2H3. The summed E-state index contributed by atoms with van der Waals surface area (Å²) in [6, 6.07) is 0. The summed E-state index contributed by atoms with van der Waals surface area (Å²) in [4.78, 5) is 0. The molecule has 0 aromatic carbocycles. The van der Waals surface area contributed by atoms with Crippen molar-refractivity contribution in [2.45, 2.75) is 6.55 Å². The van der Waals surface area contributed by atoms with Gasteiger partial charge in [-0.05, 0) is 6.42 Å². The molecule has 0 saturated carbocycles. The Morgan fingerprint density at radius 2 is 2.25 bits per heavy atom. The van der Waals surface area contributed by atoms with Crippen molar-refractivity contribution in [3.05, 3.63) is 6.42 Å². The van der Waals surface area contributed by atoms with Crippen molar-refractivity contribution in [2.75, 3.05) is 0 Å². The maximum absolute atomic E-state index is 6.26. The molecule has 4 heavy (non-hydrogen) atoms. The quantitative estimate of drug-likeness (QED) is 0.272. The second kappa shape index (κ2) is 2.78. The van der Waals surface area contributed by atoms with E-state index in [9.17, 15) is 0 Å². The third kappa shape index (κ3) is 1.78. The van der Waals surface area contributed by atoms with Crippen molar-refractivity contribution in [3.63, 3.8) is 0 Å². The predicted molar refractivity (Wildman–Crippen MR) is 21.5 cm³/mol. The van der Waals surface area contributed by atoms with Crippen LogP contribution in [0.25, 0.3) is 0 Å². The summed E-state index contributed by atoms with van der Waals surface area (Å²) in [6.07, 6.45) is 6.26. The lowest BCUT2D eigenvalue weighted by molar-refractivity contribution is 2.31. The second-order valence-corrected chi connectivity index (χ2v) is 1.59. The molecule has 0 unspecified atom stereocenters. The molecule has 21 valence electrons. The molecule has 0 bridgehead atoms. The average Bonchev–Trinajstić information content (AvgIpc) is 1.37. The zero-order valence-electron chi connectivity index (χ0n) is 2.71. The topological polar surface area (TPSA) is 0 Å². The Balaban J connectivity index is 2.43. The van der Waals surface area contributed by atoms with Crippen LogP contribution < -0.4 is 0 Å². The lowest BCUT2D eigenvalue weighted by Gasteiger charge is -1.48. The van der Waals surface area contributed by atoms with Crippen LogP contribution in [0.15, 0.2) is 0 Å². The highest BCUT2D eigenvalue weighted by Crippen LogP contribution is 1.38. The Hall–Kier alpha value is -0.223. The highest BCUT2D eigenvalue weighted by atomic mass is 28.2. The summed E-state index contributed by atoms with van der Waals surface area (Å²) < 4.78 is 0. The molecule has 0 aliphatic rings. The summed E-state index contributed by atoms with van der Waals surface area (Å²) in [5, 5.41) is 0. The van der Waals surface area contributed by atoms with Gasteiger partial charge in [0.2, 0.25) is 0 Å². The second-order valence-electron chi connectivity index (χ2n) is 0.530. The lowest BCUT2D eigenvalue weighted by atomic mass is 11.4. The first kappa shape index (κ1) is 3.78. The molecule has 0 aromatic rings. The van der Waals surface area contributed by atoms with E-state index in [0.29, 0.717) is 0 Å². The molecular formula is C3H5Si. The van der Waals surface area contributed by atoms with Crippen LogP contribution in [0.4, 0.5) is 0 Å². The van der Waals surface area contributed by atoms with E-state index in [-0.39, 0.29) is 9.52 Å². The van der Waals surface area contributed by atoms with Crippen molar-refractivity contribution in [3.8, 4) is 5.54 Å². The summed E-state index contributed by atoms with van der Waals surface area (Å²) in [5.41, 5.74) is 2.32. The minimum atomic E-state index is -0.159. The number of hydrogen-bond acceptors (Lipinski definition) is 0. The van der Waals surface area contributed by atoms with Gasteiger partial charge in [0, 0.05) is 0 Å². The fourth-order valence-corrected chi connectivity index (χ4v) is 0. The first-order valence-corrected chi connectivity index (χ1v) is 3.43. The van der Waals surface area contributed by atoms with Crippen LogP contribution >= 0.6 is 0 Å². The van der Waals surface area contributed by atoms with E-state index in [4.69, 9.17) is 6.42 Å². The molecule has 0 spiro atoms. The summed E-state index contributed by atoms with van der Waals surface area (Å²) in [5.74, 6) is 0. The Labute approximate surface area is 29.0 Å². The first-order chi connectivity index (χ1) is 1.91. The Morgan fingerprint density at radius 1 is 2.00 bits per heavy atom. The van der Waals surface area contributed by atoms with Crippen molar-refractivity contribution in [2.24, 2.45) is 0 Å². The van der Waals surface area contributed by atoms with Crippen LogP contribution in [0.3, 0.4) is 0 Å². The van der Waals surface area contributed by atoms with Gasteiger partial charge in [-0.15, -0.1) is 5.54 Å². The smallest absolute Gasteiger partial charge is 0.105 e. The van der Waals surface area contributed by atoms with Gasteiger partial charge in [0.15, 0.2) is 0 Å². The molecule has 0 aliphatic carbocycles. The van der Waals surface area contributed by atoms with Gasteiger partial charge >= 0.3 is 0 Å². The Bertz CT molecular complexity index is 33.0. The van der Waals surface area contributed by atoms with Gasteiger partial charge in [-0.2, -0.15) is 0 Å². The van der Waals surface area contributed by atoms with E-state index in [1.165, 1.54) is 0 Å². The third-order valence-corrected chi connectivity index (χ3v) is 0.530. The van der Waals surface area contributed by atoms with Gasteiger partial charge in [-0.3, -0.25) is 0 Å². The molecule has 0 N–H and O–H groups in total. The third-order valence-electron chi connectivity index (χ3n) is 0.177. The number of hydrogen-bond donors (Lipinski definition) is 0. The molecule has 0 saturated heterocycles. The molecule has 0 nitrogen and oxygen atoms in total. The van der Waals surface area contributed by atoms with Crippen LogP contribution in [0.1, 0.15) is 0 Å². The van der Waals surface area contributed by atoms with Crippen molar-refractivity contribution in [1.29, 1.82) is 0 Å². The fourth-order valence-electron chi connectivity index (χ4n) is 0. The summed E-state index contributed by atoms with van der Waals surface area (Å²) in [7, 11) is -0.159. The molecule has 0 rings (SSSR count). The van der Waals surface area contributed by atoms with E-state index < -0.39 is 0 Å². The van der Waals surface area contributed by atoms with Crippen LogP contribution in [-0.2, 0) is 0 Å². The summed E-state index contributed by atoms with van der Waals surface area (Å²) >= 11 is 0. The van der Waals surface area contributed by atoms with Crippen molar-refractivity contribution >= 4 is 9.52 Å². The average molecular weight is 69.2 g/mol. The molecule has 0 aromatic heterocycles. The lowest BCUT2D eigenvalue weighted by Crippen LogP contribution is -1.62. The van der Waals surface area contributed by atoms with Crippen LogP contribution in [0.5, 0.6) is 0 Å². The van der Waals surface area contributed by atoms with E-state index >= 15 is 0 Å². The molecule has 0 atom stereocenters. The summed E-state index contributed by atoms with van der Waals surface area (Å²) in [6.45, 7) is 2.02. The van der Waals surface area contributed by atoms with Gasteiger partial charge in [0.05, 0.1) is 0 Å². The van der Waals surface area contributed by atoms with Gasteiger partial charge < -0.3 is 0 Å². The van der Waals surface area contributed by atoms with Gasteiger partial charge in [0.25, 0.3) is 0 Å². The molecule has 0 fully saturated rings. The van der Waals surface area contributed by atoms with Crippen LogP contribution in [0.2, 0.25) is 6.55 Å². The fraction of sp³-hybridized carbons (Fsp3) is 0.333. The van der Waals surface area contributed by atoms with E-state index in [2.05, 4.69) is 5.54 Å². The van der Waals surface area contributed by atoms with Crippen LogP contribution in [-0.4, -0.2) is 9.52 Å².